The number of alkyl halides is 3. The van der Waals surface area contributed by atoms with Gasteiger partial charge in [0.1, 0.15) is 18.2 Å². The minimum absolute atomic E-state index is 0.0641. The smallest absolute Gasteiger partial charge is 0.379 e. The maximum atomic E-state index is 14.1. The van der Waals surface area contributed by atoms with Gasteiger partial charge in [-0.05, 0) is 116 Å². The van der Waals surface area contributed by atoms with Crippen LogP contribution in [0.3, 0.4) is 0 Å². The van der Waals surface area contributed by atoms with Crippen LogP contribution in [0.25, 0.3) is 10.9 Å². The number of nitrogens with zero attached hydrogens (tertiary/aromatic N) is 7. The first-order valence-corrected chi connectivity index (χ1v) is 26.9. The summed E-state index contributed by atoms with van der Waals surface area (Å²) in [7, 11) is 3.76. The van der Waals surface area contributed by atoms with Gasteiger partial charge >= 0.3 is 6.18 Å². The highest BCUT2D eigenvalue weighted by Gasteiger charge is 2.45. The summed E-state index contributed by atoms with van der Waals surface area (Å²) >= 11 is 0. The fourth-order valence-electron chi connectivity index (χ4n) is 11.2. The molecule has 6 amide bonds. The maximum Gasteiger partial charge on any atom is 0.416 e. The second kappa shape index (κ2) is 26.4. The van der Waals surface area contributed by atoms with Crippen LogP contribution in [-0.4, -0.2) is 172 Å². The number of carbonyl (C=O) groups is 6. The van der Waals surface area contributed by atoms with Crippen molar-refractivity contribution in [2.45, 2.75) is 153 Å². The molecule has 4 fully saturated rings. The summed E-state index contributed by atoms with van der Waals surface area (Å²) in [5.41, 5.74) is 0.278. The van der Waals surface area contributed by atoms with Gasteiger partial charge in [0.05, 0.1) is 61.6 Å². The van der Waals surface area contributed by atoms with Crippen LogP contribution in [0.2, 0.25) is 0 Å². The van der Waals surface area contributed by atoms with Gasteiger partial charge in [-0.15, -0.1) is 0 Å². The first kappa shape index (κ1) is 57.7. The number of amides is 6. The number of hydrogen-bond acceptors (Lipinski definition) is 13. The predicted molar refractivity (Wildman–Crippen MR) is 277 cm³/mol. The highest BCUT2D eigenvalue weighted by Crippen LogP contribution is 2.38. The largest absolute Gasteiger partial charge is 0.416 e. The Bertz CT molecular complexity index is 2480. The lowest BCUT2D eigenvalue weighted by molar-refractivity contribution is -0.137. The summed E-state index contributed by atoms with van der Waals surface area (Å²) in [5.74, 6) is -1.59. The third-order valence-corrected chi connectivity index (χ3v) is 15.7. The average Bonchev–Trinajstić information content (AvgIpc) is 3.91. The van der Waals surface area contributed by atoms with E-state index in [0.717, 1.165) is 24.1 Å². The molecule has 4 N–H and O–H groups in total. The maximum absolute atomic E-state index is 14.1. The monoisotopic (exact) mass is 1060 g/mol. The van der Waals surface area contributed by atoms with Crippen LogP contribution in [-0.2, 0) is 44.4 Å². The Labute approximate surface area is 443 Å². The molecule has 0 spiro atoms. The number of carbonyl (C=O) groups excluding carboxylic acids is 6. The van der Waals surface area contributed by atoms with E-state index in [1.54, 1.807) is 35.3 Å². The molecule has 0 bridgehead atoms. The standard InChI is InChI=1S/C54H76F3N11O8/c1-33(2)65(5)39-14-16-45(68-22-18-43(53(68)74)63-50-40-28-37(54(55,56)57)11-15-42(40)60-32-61-50)44(29-39)64-51(72)35-9-12-38(13-10-35)62-46(69)19-24-75-26-27-76-25-23-67(34(3)4)47(70)17-21-59-52(73)41-30-48(71)66(6)49(41)36-8-7-20-58-31-36/h7-8,11,15,20,28,31-35,38-39,41,43-45,49H,9-10,12-14,16-19,21-27,29-30H2,1-6H3,(H,59,73)(H,62,69)(H,64,72)(H,60,61,63)/t35?,38?,39-,41+,43+,44-,45+,49-/m1/s1. The molecule has 2 aromatic heterocycles. The van der Waals surface area contributed by atoms with Gasteiger partial charge in [-0.1, -0.05) is 6.07 Å². The van der Waals surface area contributed by atoms with Gasteiger partial charge < -0.3 is 50.3 Å². The molecule has 2 saturated heterocycles. The van der Waals surface area contributed by atoms with Crippen molar-refractivity contribution in [2.24, 2.45) is 11.8 Å². The van der Waals surface area contributed by atoms with Crippen molar-refractivity contribution in [1.82, 2.24) is 50.5 Å². The van der Waals surface area contributed by atoms with E-state index in [4.69, 9.17) is 9.47 Å². The molecule has 19 nitrogen and oxygen atoms in total. The molecule has 2 aliphatic carbocycles. The number of benzene rings is 1. The molecular formula is C54H76F3N11O8. The molecule has 4 aliphatic rings. The summed E-state index contributed by atoms with van der Waals surface area (Å²) < 4.78 is 52.3. The van der Waals surface area contributed by atoms with Crippen molar-refractivity contribution in [3.8, 4) is 0 Å². The van der Waals surface area contributed by atoms with E-state index in [1.807, 2.05) is 24.8 Å². The fourth-order valence-corrected chi connectivity index (χ4v) is 11.2. The van der Waals surface area contributed by atoms with Gasteiger partial charge in [-0.25, -0.2) is 9.97 Å². The van der Waals surface area contributed by atoms with Crippen molar-refractivity contribution in [1.29, 1.82) is 0 Å². The molecule has 0 unspecified atom stereocenters. The Morgan fingerprint density at radius 3 is 2.32 bits per heavy atom. The minimum atomic E-state index is -4.56. The molecule has 6 atom stereocenters. The van der Waals surface area contributed by atoms with Crippen molar-refractivity contribution in [2.75, 3.05) is 65.5 Å². The molecule has 2 aliphatic heterocycles. The van der Waals surface area contributed by atoms with E-state index < -0.39 is 29.7 Å². The molecule has 3 aromatic rings. The molecule has 76 heavy (non-hydrogen) atoms. The Morgan fingerprint density at radius 2 is 1.62 bits per heavy atom. The second-order valence-electron chi connectivity index (χ2n) is 21.2. The van der Waals surface area contributed by atoms with Crippen LogP contribution in [0.4, 0.5) is 19.0 Å². The van der Waals surface area contributed by atoms with E-state index in [1.165, 1.54) is 12.4 Å². The lowest BCUT2D eigenvalue weighted by atomic mass is 9.82. The molecule has 7 rings (SSSR count). The van der Waals surface area contributed by atoms with Gasteiger partial charge in [0, 0.05) is 93.8 Å². The summed E-state index contributed by atoms with van der Waals surface area (Å²) in [4.78, 5) is 99.7. The fraction of sp³-hybridized carbons (Fsp3) is 0.648. The zero-order valence-electron chi connectivity index (χ0n) is 44.7. The zero-order chi connectivity index (χ0) is 54.7. The normalized spacial score (nSPS) is 24.2. The third kappa shape index (κ3) is 14.7. The number of hydrogen-bond donors (Lipinski definition) is 4. The lowest BCUT2D eigenvalue weighted by Gasteiger charge is -2.45. The number of ether oxygens (including phenoxy) is 2. The van der Waals surface area contributed by atoms with Crippen LogP contribution in [0.1, 0.15) is 115 Å². The van der Waals surface area contributed by atoms with E-state index in [2.05, 4.69) is 62.0 Å². The Morgan fingerprint density at radius 1 is 0.868 bits per heavy atom. The Balaban J connectivity index is 0.789. The SMILES string of the molecule is CC(C)N(CCOCCOCCC(=O)NC1CCC(C(=O)N[C@@H]2C[C@H](N(C)C(C)C)CC[C@@H]2N2CC[C@H](Nc3ncnc4ccc(C(F)(F)F)cc34)C2=O)CC1)C(=O)CCNC(=O)[C@H]1CC(=O)N(C)[C@@H]1c1cccnc1. The van der Waals surface area contributed by atoms with Crippen molar-refractivity contribution in [3.63, 3.8) is 0 Å². The molecule has 4 heterocycles. The number of likely N-dealkylation sites (tertiary alicyclic amines) is 2. The van der Waals surface area contributed by atoms with Gasteiger partial charge in [0.15, 0.2) is 0 Å². The Hall–Kier alpha value is -6.00. The molecule has 0 radical (unpaired) electrons. The minimum Gasteiger partial charge on any atom is -0.379 e. The summed E-state index contributed by atoms with van der Waals surface area (Å²) in [6.45, 7) is 10.0. The van der Waals surface area contributed by atoms with E-state index in [0.29, 0.717) is 63.6 Å². The quantitative estimate of drug-likeness (QED) is 0.0934. The molecule has 22 heteroatoms. The van der Waals surface area contributed by atoms with Crippen LogP contribution in [0, 0.1) is 11.8 Å². The van der Waals surface area contributed by atoms with Crippen molar-refractivity contribution < 1.29 is 51.4 Å². The van der Waals surface area contributed by atoms with Gasteiger partial charge in [0.25, 0.3) is 0 Å². The van der Waals surface area contributed by atoms with Crippen molar-refractivity contribution >= 4 is 52.2 Å². The highest BCUT2D eigenvalue weighted by atomic mass is 19.4. The predicted octanol–water partition coefficient (Wildman–Crippen LogP) is 4.86. The molecular weight excluding hydrogens is 988 g/mol. The van der Waals surface area contributed by atoms with Crippen molar-refractivity contribution in [3.05, 3.63) is 60.2 Å². The van der Waals surface area contributed by atoms with Crippen LogP contribution in [0.15, 0.2) is 49.1 Å². The van der Waals surface area contributed by atoms with Crippen LogP contribution >= 0.6 is 0 Å². The van der Waals surface area contributed by atoms with E-state index >= 15 is 0 Å². The van der Waals surface area contributed by atoms with E-state index in [9.17, 15) is 41.9 Å². The summed E-state index contributed by atoms with van der Waals surface area (Å²) in [5, 5.41) is 12.6. The number of nitrogens with one attached hydrogen (secondary N) is 4. The van der Waals surface area contributed by atoms with Crippen LogP contribution in [0.5, 0.6) is 0 Å². The Kier molecular flexibility index (Phi) is 20.0. The number of rotatable bonds is 23. The number of halogens is 3. The molecule has 416 valence electrons. The summed E-state index contributed by atoms with van der Waals surface area (Å²) in [6.07, 6.45) is 5.43. The second-order valence-corrected chi connectivity index (χ2v) is 21.2. The number of aromatic nitrogens is 3. The number of anilines is 1. The first-order valence-electron chi connectivity index (χ1n) is 26.9. The van der Waals surface area contributed by atoms with Crippen LogP contribution < -0.4 is 21.3 Å². The van der Waals surface area contributed by atoms with Gasteiger partial charge in [-0.3, -0.25) is 33.8 Å². The lowest BCUT2D eigenvalue weighted by Crippen LogP contribution is -2.59. The summed E-state index contributed by atoms with van der Waals surface area (Å²) in [6, 6.07) is 5.49. The first-order chi connectivity index (χ1) is 36.3. The number of pyridine rings is 1. The van der Waals surface area contributed by atoms with Gasteiger partial charge in [-0.2, -0.15) is 13.2 Å². The van der Waals surface area contributed by atoms with E-state index in [-0.39, 0.29) is 141 Å². The number of fused-ring (bicyclic) bond motifs is 1. The zero-order valence-corrected chi connectivity index (χ0v) is 44.7. The molecule has 2 saturated carbocycles. The van der Waals surface area contributed by atoms with Gasteiger partial charge in [0.2, 0.25) is 35.4 Å². The molecule has 1 aromatic carbocycles. The highest BCUT2D eigenvalue weighted by molar-refractivity contribution is 5.94. The topological polar surface area (TPSA) is 221 Å². The third-order valence-electron chi connectivity index (χ3n) is 15.7. The average molecular weight is 1060 g/mol.